The van der Waals surface area contributed by atoms with E-state index in [-0.39, 0.29) is 18.1 Å². The van der Waals surface area contributed by atoms with Crippen LogP contribution in [0.1, 0.15) is 44.2 Å². The van der Waals surface area contributed by atoms with E-state index in [1.165, 1.54) is 0 Å². The molecule has 1 aliphatic carbocycles. The summed E-state index contributed by atoms with van der Waals surface area (Å²) in [6.07, 6.45) is 3.48. The second-order valence-corrected chi connectivity index (χ2v) is 6.47. The minimum absolute atomic E-state index is 0.0376. The Morgan fingerprint density at radius 2 is 2.09 bits per heavy atom. The molecule has 1 aromatic rings. The van der Waals surface area contributed by atoms with E-state index in [2.05, 4.69) is 10.2 Å². The summed E-state index contributed by atoms with van der Waals surface area (Å²) in [4.78, 5) is 14.2. The van der Waals surface area contributed by atoms with Crippen molar-refractivity contribution in [3.05, 3.63) is 35.9 Å². The number of nitrogens with one attached hydrogen (secondary N) is 1. The van der Waals surface area contributed by atoms with E-state index in [1.807, 2.05) is 44.3 Å². The van der Waals surface area contributed by atoms with Crippen LogP contribution in [0.25, 0.3) is 0 Å². The van der Waals surface area contributed by atoms with Crippen molar-refractivity contribution in [1.29, 1.82) is 0 Å². The summed E-state index contributed by atoms with van der Waals surface area (Å²) < 4.78 is 0. The third-order valence-electron chi connectivity index (χ3n) is 4.56. The zero-order chi connectivity index (χ0) is 15.9. The fourth-order valence-corrected chi connectivity index (χ4v) is 3.15. The molecule has 1 saturated carbocycles. The molecule has 1 fully saturated rings. The quantitative estimate of drug-likeness (QED) is 0.813. The first-order valence-corrected chi connectivity index (χ1v) is 8.27. The van der Waals surface area contributed by atoms with Crippen molar-refractivity contribution >= 4 is 5.91 Å². The fourth-order valence-electron chi connectivity index (χ4n) is 3.15. The van der Waals surface area contributed by atoms with Crippen LogP contribution in [0.3, 0.4) is 0 Å². The summed E-state index contributed by atoms with van der Waals surface area (Å²) >= 11 is 0. The summed E-state index contributed by atoms with van der Waals surface area (Å²) in [5.74, 6) is 0.450. The van der Waals surface area contributed by atoms with Gasteiger partial charge in [0.25, 0.3) is 0 Å². The molecule has 0 radical (unpaired) electrons. The highest BCUT2D eigenvalue weighted by Gasteiger charge is 2.26. The smallest absolute Gasteiger partial charge is 0.221 e. The molecule has 0 aliphatic heterocycles. The number of nitrogens with zero attached hydrogens (tertiary/aromatic N) is 1. The number of carbonyl (C=O) groups is 1. The average Bonchev–Trinajstić information content (AvgIpc) is 2.91. The molecule has 122 valence electrons. The number of amides is 1. The Labute approximate surface area is 133 Å². The highest BCUT2D eigenvalue weighted by atomic mass is 16.3. The van der Waals surface area contributed by atoms with Gasteiger partial charge in [-0.3, -0.25) is 4.79 Å². The van der Waals surface area contributed by atoms with Crippen molar-refractivity contribution in [2.24, 2.45) is 5.92 Å². The summed E-state index contributed by atoms with van der Waals surface area (Å²) in [6.45, 7) is 3.62. The number of aliphatic hydroxyl groups is 1. The topological polar surface area (TPSA) is 52.6 Å². The first-order valence-electron chi connectivity index (χ1n) is 8.27. The fraction of sp³-hybridized carbons (Fsp3) is 0.611. The Bertz CT molecular complexity index is 463. The predicted octanol–water partition coefficient (Wildman–Crippen LogP) is 2.35. The molecule has 0 saturated heterocycles. The molecule has 0 bridgehead atoms. The number of hydrogen-bond donors (Lipinski definition) is 2. The van der Waals surface area contributed by atoms with Gasteiger partial charge in [0.05, 0.1) is 12.1 Å². The van der Waals surface area contributed by atoms with Crippen LogP contribution in [0.15, 0.2) is 30.3 Å². The van der Waals surface area contributed by atoms with Crippen molar-refractivity contribution < 1.29 is 9.90 Å². The van der Waals surface area contributed by atoms with Gasteiger partial charge in [-0.1, -0.05) is 36.8 Å². The second kappa shape index (κ2) is 8.30. The van der Waals surface area contributed by atoms with Gasteiger partial charge >= 0.3 is 0 Å². The van der Waals surface area contributed by atoms with Gasteiger partial charge in [0.2, 0.25) is 5.91 Å². The van der Waals surface area contributed by atoms with Crippen LogP contribution in [0.4, 0.5) is 0 Å². The Morgan fingerprint density at radius 1 is 1.36 bits per heavy atom. The van der Waals surface area contributed by atoms with Crippen LogP contribution in [-0.2, 0) is 4.79 Å². The molecule has 2 rings (SSSR count). The zero-order valence-electron chi connectivity index (χ0n) is 13.7. The Balaban J connectivity index is 1.68. The first-order chi connectivity index (χ1) is 10.6. The van der Waals surface area contributed by atoms with Crippen molar-refractivity contribution in [3.63, 3.8) is 0 Å². The number of carbonyl (C=O) groups excluding carboxylic acids is 1. The minimum atomic E-state index is -0.158. The van der Waals surface area contributed by atoms with Gasteiger partial charge in [-0.15, -0.1) is 0 Å². The number of benzene rings is 1. The third kappa shape index (κ3) is 5.11. The largest absolute Gasteiger partial charge is 0.393 e. The van der Waals surface area contributed by atoms with Gasteiger partial charge < -0.3 is 15.3 Å². The van der Waals surface area contributed by atoms with E-state index in [0.717, 1.165) is 37.9 Å². The minimum Gasteiger partial charge on any atom is -0.393 e. The second-order valence-electron chi connectivity index (χ2n) is 6.47. The average molecular weight is 304 g/mol. The predicted molar refractivity (Wildman–Crippen MR) is 88.5 cm³/mol. The molecule has 0 spiro atoms. The van der Waals surface area contributed by atoms with Gasteiger partial charge in [-0.2, -0.15) is 0 Å². The summed E-state index contributed by atoms with van der Waals surface area (Å²) in [7, 11) is 2.03. The maximum atomic E-state index is 12.0. The highest BCUT2D eigenvalue weighted by Crippen LogP contribution is 2.25. The molecule has 4 nitrogen and oxygen atoms in total. The number of aliphatic hydroxyl groups excluding tert-OH is 1. The van der Waals surface area contributed by atoms with E-state index in [4.69, 9.17) is 0 Å². The Hall–Kier alpha value is -1.39. The molecule has 3 unspecified atom stereocenters. The lowest BCUT2D eigenvalue weighted by Crippen LogP contribution is -2.34. The van der Waals surface area contributed by atoms with Crippen molar-refractivity contribution in [2.45, 2.75) is 44.8 Å². The van der Waals surface area contributed by atoms with Crippen LogP contribution in [0, 0.1) is 5.92 Å². The van der Waals surface area contributed by atoms with Crippen LogP contribution >= 0.6 is 0 Å². The summed E-state index contributed by atoms with van der Waals surface area (Å²) in [5, 5.41) is 12.9. The molecule has 4 heteroatoms. The van der Waals surface area contributed by atoms with Gasteiger partial charge in [0.1, 0.15) is 0 Å². The normalized spacial score (nSPS) is 22.7. The van der Waals surface area contributed by atoms with E-state index < -0.39 is 0 Å². The first kappa shape index (κ1) is 17.0. The molecule has 22 heavy (non-hydrogen) atoms. The molecule has 3 atom stereocenters. The molecule has 1 aliphatic rings. The lowest BCUT2D eigenvalue weighted by molar-refractivity contribution is -0.122. The standard InChI is InChI=1S/C18H28N2O2/c1-14(15-7-4-3-5-8-15)19-18(22)11-12-20(2)13-16-9-6-10-17(16)21/h3-5,7-8,14,16-17,21H,6,9-13H2,1-2H3,(H,19,22). The lowest BCUT2D eigenvalue weighted by atomic mass is 10.1. The lowest BCUT2D eigenvalue weighted by Gasteiger charge is -2.23. The van der Waals surface area contributed by atoms with E-state index in [1.54, 1.807) is 0 Å². The van der Waals surface area contributed by atoms with Gasteiger partial charge in [0, 0.05) is 19.5 Å². The van der Waals surface area contributed by atoms with Crippen LogP contribution in [0.2, 0.25) is 0 Å². The Kier molecular flexibility index (Phi) is 6.40. The van der Waals surface area contributed by atoms with Crippen molar-refractivity contribution in [1.82, 2.24) is 10.2 Å². The van der Waals surface area contributed by atoms with Gasteiger partial charge in [0.15, 0.2) is 0 Å². The Morgan fingerprint density at radius 3 is 2.73 bits per heavy atom. The highest BCUT2D eigenvalue weighted by molar-refractivity contribution is 5.76. The SMILES string of the molecule is CC(NC(=O)CCN(C)CC1CCCC1O)c1ccccc1. The summed E-state index contributed by atoms with van der Waals surface area (Å²) in [6, 6.07) is 10.0. The van der Waals surface area contributed by atoms with Crippen molar-refractivity contribution in [3.8, 4) is 0 Å². The van der Waals surface area contributed by atoms with Gasteiger partial charge in [-0.25, -0.2) is 0 Å². The molecule has 1 amide bonds. The van der Waals surface area contributed by atoms with E-state index >= 15 is 0 Å². The zero-order valence-corrected chi connectivity index (χ0v) is 13.7. The van der Waals surface area contributed by atoms with E-state index in [9.17, 15) is 9.90 Å². The molecule has 0 heterocycles. The molecule has 2 N–H and O–H groups in total. The molecular formula is C18H28N2O2. The summed E-state index contributed by atoms with van der Waals surface area (Å²) in [5.41, 5.74) is 1.12. The number of rotatable bonds is 7. The van der Waals surface area contributed by atoms with Crippen LogP contribution in [-0.4, -0.2) is 42.2 Å². The third-order valence-corrected chi connectivity index (χ3v) is 4.56. The molecular weight excluding hydrogens is 276 g/mol. The van der Waals surface area contributed by atoms with Crippen molar-refractivity contribution in [2.75, 3.05) is 20.1 Å². The maximum absolute atomic E-state index is 12.0. The molecule has 1 aromatic carbocycles. The number of hydrogen-bond acceptors (Lipinski definition) is 3. The van der Waals surface area contributed by atoms with Gasteiger partial charge in [-0.05, 0) is 38.3 Å². The monoisotopic (exact) mass is 304 g/mol. The van der Waals surface area contributed by atoms with E-state index in [0.29, 0.717) is 12.3 Å². The molecule has 0 aromatic heterocycles. The van der Waals surface area contributed by atoms with Crippen LogP contribution in [0.5, 0.6) is 0 Å². The maximum Gasteiger partial charge on any atom is 0.221 e. The van der Waals surface area contributed by atoms with Crippen LogP contribution < -0.4 is 5.32 Å².